The van der Waals surface area contributed by atoms with Gasteiger partial charge in [-0.3, -0.25) is 9.59 Å². The van der Waals surface area contributed by atoms with Gasteiger partial charge in [0.15, 0.2) is 0 Å². The van der Waals surface area contributed by atoms with E-state index in [0.717, 1.165) is 0 Å². The minimum absolute atomic E-state index is 0.217. The molecule has 27 heavy (non-hydrogen) atoms. The molecule has 0 radical (unpaired) electrons. The number of amides is 2. The van der Waals surface area contributed by atoms with Gasteiger partial charge in [-0.2, -0.15) is 0 Å². The molecule has 0 aliphatic rings. The standard InChI is InChI=1S/C20H17FN2O3S/c1-12(24)22-13-7-8-17(26-2)16(11-13)23-20(25)19-10-9-18(27-19)14-5-3-4-6-15(14)21/h3-11H,1-2H3,(H,22,24)(H,23,25). The molecule has 2 N–H and O–H groups in total. The first kappa shape index (κ1) is 18.6. The third kappa shape index (κ3) is 4.32. The van der Waals surface area contributed by atoms with E-state index in [4.69, 9.17) is 4.74 Å². The van der Waals surface area contributed by atoms with E-state index in [0.29, 0.717) is 32.4 Å². The highest BCUT2D eigenvalue weighted by molar-refractivity contribution is 7.17. The van der Waals surface area contributed by atoms with Gasteiger partial charge in [-0.05, 0) is 36.4 Å². The van der Waals surface area contributed by atoms with Crippen LogP contribution in [0.15, 0.2) is 54.6 Å². The molecule has 2 aromatic carbocycles. The molecule has 0 aliphatic carbocycles. The van der Waals surface area contributed by atoms with Crippen molar-refractivity contribution >= 4 is 34.5 Å². The monoisotopic (exact) mass is 384 g/mol. The van der Waals surface area contributed by atoms with Gasteiger partial charge in [-0.15, -0.1) is 11.3 Å². The van der Waals surface area contributed by atoms with E-state index in [9.17, 15) is 14.0 Å². The number of nitrogens with one attached hydrogen (secondary N) is 2. The highest BCUT2D eigenvalue weighted by Crippen LogP contribution is 2.32. The van der Waals surface area contributed by atoms with Gasteiger partial charge in [0.2, 0.25) is 5.91 Å². The minimum Gasteiger partial charge on any atom is -0.495 e. The molecule has 1 aromatic heterocycles. The van der Waals surface area contributed by atoms with Gasteiger partial charge in [-0.1, -0.05) is 18.2 Å². The normalized spacial score (nSPS) is 10.3. The molecule has 2 amide bonds. The van der Waals surface area contributed by atoms with Crippen molar-refractivity contribution in [2.24, 2.45) is 0 Å². The molecule has 3 rings (SSSR count). The zero-order valence-electron chi connectivity index (χ0n) is 14.7. The zero-order valence-corrected chi connectivity index (χ0v) is 15.5. The number of hydrogen-bond donors (Lipinski definition) is 2. The highest BCUT2D eigenvalue weighted by atomic mass is 32.1. The van der Waals surface area contributed by atoms with Crippen LogP contribution in [0.25, 0.3) is 10.4 Å². The summed E-state index contributed by atoms with van der Waals surface area (Å²) in [7, 11) is 1.49. The second kappa shape index (κ2) is 8.01. The van der Waals surface area contributed by atoms with Gasteiger partial charge in [0, 0.05) is 23.1 Å². The lowest BCUT2D eigenvalue weighted by atomic mass is 10.2. The Kier molecular flexibility index (Phi) is 5.52. The Hall–Kier alpha value is -3.19. The summed E-state index contributed by atoms with van der Waals surface area (Å²) in [4.78, 5) is 24.9. The van der Waals surface area contributed by atoms with E-state index in [-0.39, 0.29) is 17.6 Å². The van der Waals surface area contributed by atoms with Crippen LogP contribution in [-0.2, 0) is 4.79 Å². The van der Waals surface area contributed by atoms with Crippen LogP contribution in [0.4, 0.5) is 15.8 Å². The summed E-state index contributed by atoms with van der Waals surface area (Å²) in [5.74, 6) is -0.439. The molecule has 0 unspecified atom stereocenters. The lowest BCUT2D eigenvalue weighted by molar-refractivity contribution is -0.114. The summed E-state index contributed by atoms with van der Waals surface area (Å²) in [6.45, 7) is 1.40. The van der Waals surface area contributed by atoms with Crippen LogP contribution < -0.4 is 15.4 Å². The Morgan fingerprint density at radius 3 is 2.52 bits per heavy atom. The third-order valence-electron chi connectivity index (χ3n) is 3.74. The van der Waals surface area contributed by atoms with Crippen molar-refractivity contribution in [3.8, 4) is 16.2 Å². The van der Waals surface area contributed by atoms with Crippen LogP contribution in [0, 0.1) is 5.82 Å². The van der Waals surface area contributed by atoms with Crippen LogP contribution >= 0.6 is 11.3 Å². The van der Waals surface area contributed by atoms with Gasteiger partial charge in [0.05, 0.1) is 17.7 Å². The summed E-state index contributed by atoms with van der Waals surface area (Å²) >= 11 is 1.19. The molecule has 0 aliphatic heterocycles. The van der Waals surface area contributed by atoms with Crippen LogP contribution in [0.1, 0.15) is 16.6 Å². The smallest absolute Gasteiger partial charge is 0.265 e. The van der Waals surface area contributed by atoms with Crippen LogP contribution in [-0.4, -0.2) is 18.9 Å². The third-order valence-corrected chi connectivity index (χ3v) is 4.85. The van der Waals surface area contributed by atoms with Crippen molar-refractivity contribution in [1.82, 2.24) is 0 Å². The Bertz CT molecular complexity index is 1000. The number of methoxy groups -OCH3 is 1. The maximum atomic E-state index is 13.9. The molecular weight excluding hydrogens is 367 g/mol. The van der Waals surface area contributed by atoms with Gasteiger partial charge in [-0.25, -0.2) is 4.39 Å². The summed E-state index contributed by atoms with van der Waals surface area (Å²) in [5, 5.41) is 5.43. The average molecular weight is 384 g/mol. The number of carbonyl (C=O) groups is 2. The molecule has 7 heteroatoms. The van der Waals surface area contributed by atoms with Crippen molar-refractivity contribution in [3.63, 3.8) is 0 Å². The molecule has 0 fully saturated rings. The highest BCUT2D eigenvalue weighted by Gasteiger charge is 2.15. The van der Waals surface area contributed by atoms with Gasteiger partial charge >= 0.3 is 0 Å². The lowest BCUT2D eigenvalue weighted by Crippen LogP contribution is -2.12. The molecule has 0 saturated carbocycles. The Morgan fingerprint density at radius 2 is 1.81 bits per heavy atom. The molecule has 0 atom stereocenters. The van der Waals surface area contributed by atoms with Crippen molar-refractivity contribution < 1.29 is 18.7 Å². The average Bonchev–Trinajstić information content (AvgIpc) is 3.12. The zero-order chi connectivity index (χ0) is 19.4. The number of anilines is 2. The van der Waals surface area contributed by atoms with E-state index in [1.807, 2.05) is 0 Å². The maximum Gasteiger partial charge on any atom is 0.265 e. The number of carbonyl (C=O) groups excluding carboxylic acids is 2. The van der Waals surface area contributed by atoms with Crippen LogP contribution in [0.3, 0.4) is 0 Å². The van der Waals surface area contributed by atoms with E-state index >= 15 is 0 Å². The molecule has 3 aromatic rings. The molecule has 1 heterocycles. The Balaban J connectivity index is 1.84. The van der Waals surface area contributed by atoms with E-state index < -0.39 is 0 Å². The number of thiophene rings is 1. The maximum absolute atomic E-state index is 13.9. The topological polar surface area (TPSA) is 67.4 Å². The fourth-order valence-electron chi connectivity index (χ4n) is 2.54. The second-order valence-electron chi connectivity index (χ2n) is 5.69. The number of ether oxygens (including phenoxy) is 1. The van der Waals surface area contributed by atoms with Crippen molar-refractivity contribution in [3.05, 3.63) is 65.3 Å². The Morgan fingerprint density at radius 1 is 1.04 bits per heavy atom. The first-order valence-electron chi connectivity index (χ1n) is 8.09. The van der Waals surface area contributed by atoms with Crippen LogP contribution in [0.5, 0.6) is 5.75 Å². The number of hydrogen-bond acceptors (Lipinski definition) is 4. The minimum atomic E-state index is -0.346. The van der Waals surface area contributed by atoms with Gasteiger partial charge < -0.3 is 15.4 Å². The molecule has 138 valence electrons. The predicted octanol–water partition coefficient (Wildman–Crippen LogP) is 4.77. The first-order chi connectivity index (χ1) is 13.0. The lowest BCUT2D eigenvalue weighted by Gasteiger charge is -2.12. The number of rotatable bonds is 5. The fourth-order valence-corrected chi connectivity index (χ4v) is 3.46. The summed E-state index contributed by atoms with van der Waals surface area (Å²) in [6, 6.07) is 14.7. The van der Waals surface area contributed by atoms with Crippen molar-refractivity contribution in [2.45, 2.75) is 6.92 Å². The first-order valence-corrected chi connectivity index (χ1v) is 8.91. The fraction of sp³-hybridized carbons (Fsp3) is 0.100. The Labute approximate surface area is 159 Å². The van der Waals surface area contributed by atoms with Gasteiger partial charge in [0.25, 0.3) is 5.91 Å². The van der Waals surface area contributed by atoms with Crippen molar-refractivity contribution in [1.29, 1.82) is 0 Å². The van der Waals surface area contributed by atoms with Gasteiger partial charge in [0.1, 0.15) is 11.6 Å². The number of benzene rings is 2. The van der Waals surface area contributed by atoms with E-state index in [2.05, 4.69) is 10.6 Å². The SMILES string of the molecule is COc1ccc(NC(C)=O)cc1NC(=O)c1ccc(-c2ccccc2F)s1. The molecule has 0 spiro atoms. The molecule has 0 bridgehead atoms. The molecular formula is C20H17FN2O3S. The molecule has 5 nitrogen and oxygen atoms in total. The van der Waals surface area contributed by atoms with Crippen LogP contribution in [0.2, 0.25) is 0 Å². The quantitative estimate of drug-likeness (QED) is 0.666. The second-order valence-corrected chi connectivity index (χ2v) is 6.78. The predicted molar refractivity (Wildman–Crippen MR) is 105 cm³/mol. The summed E-state index contributed by atoms with van der Waals surface area (Å²) in [5.41, 5.74) is 1.42. The summed E-state index contributed by atoms with van der Waals surface area (Å²) < 4.78 is 19.2. The number of halogens is 1. The summed E-state index contributed by atoms with van der Waals surface area (Å²) in [6.07, 6.45) is 0. The van der Waals surface area contributed by atoms with E-state index in [1.165, 1.54) is 31.4 Å². The molecule has 0 saturated heterocycles. The largest absolute Gasteiger partial charge is 0.495 e. The van der Waals surface area contributed by atoms with E-state index in [1.54, 1.807) is 48.5 Å². The van der Waals surface area contributed by atoms with Crippen molar-refractivity contribution in [2.75, 3.05) is 17.7 Å².